The number of ether oxygens (including phenoxy) is 4. The Morgan fingerprint density at radius 3 is 2.41 bits per heavy atom. The Morgan fingerprint density at radius 1 is 0.812 bits per heavy atom. The van der Waals surface area contributed by atoms with E-state index in [-0.39, 0.29) is 31.7 Å². The first-order chi connectivity index (χ1) is 15.7. The standard InChI is InChI=1S/C23H26N4O5/c28-23(16-3-5-19-21(11-16)32-14-30-19)27-7-1-6-26(8-9-27)22-12-17(24-25-22)15-2-4-18-20(10-15)31-13-29-18/h2-5,10-11,17,22,24-25H,1,6-9,12-14H2. The molecule has 2 aromatic rings. The van der Waals surface area contributed by atoms with Crippen molar-refractivity contribution in [1.29, 1.82) is 0 Å². The van der Waals surface area contributed by atoms with Crippen LogP contribution in [-0.2, 0) is 0 Å². The molecule has 0 saturated carbocycles. The molecule has 32 heavy (non-hydrogen) atoms. The molecule has 6 rings (SSSR count). The van der Waals surface area contributed by atoms with Gasteiger partial charge < -0.3 is 23.8 Å². The van der Waals surface area contributed by atoms with Crippen LogP contribution in [0.15, 0.2) is 36.4 Å². The molecule has 2 aromatic carbocycles. The summed E-state index contributed by atoms with van der Waals surface area (Å²) in [6, 6.07) is 11.7. The molecule has 1 amide bonds. The molecule has 0 aromatic heterocycles. The molecular weight excluding hydrogens is 412 g/mol. The van der Waals surface area contributed by atoms with Gasteiger partial charge in [0.15, 0.2) is 23.0 Å². The first-order valence-electron chi connectivity index (χ1n) is 11.1. The zero-order valence-electron chi connectivity index (χ0n) is 17.7. The monoisotopic (exact) mass is 438 g/mol. The Balaban J connectivity index is 1.08. The molecule has 9 nitrogen and oxygen atoms in total. The van der Waals surface area contributed by atoms with Crippen LogP contribution < -0.4 is 29.8 Å². The number of hydrogen-bond acceptors (Lipinski definition) is 8. The van der Waals surface area contributed by atoms with Gasteiger partial charge >= 0.3 is 0 Å². The molecule has 2 atom stereocenters. The summed E-state index contributed by atoms with van der Waals surface area (Å²) in [6.45, 7) is 3.70. The van der Waals surface area contributed by atoms with Gasteiger partial charge in [-0.3, -0.25) is 9.69 Å². The van der Waals surface area contributed by atoms with Crippen LogP contribution in [0.2, 0.25) is 0 Å². The normalized spacial score (nSPS) is 24.6. The highest BCUT2D eigenvalue weighted by atomic mass is 16.7. The molecule has 4 heterocycles. The minimum absolute atomic E-state index is 0.0425. The van der Waals surface area contributed by atoms with Crippen LogP contribution in [0.5, 0.6) is 23.0 Å². The van der Waals surface area contributed by atoms with E-state index in [9.17, 15) is 4.79 Å². The number of benzene rings is 2. The molecule has 2 fully saturated rings. The maximum Gasteiger partial charge on any atom is 0.254 e. The first-order valence-corrected chi connectivity index (χ1v) is 11.1. The molecule has 4 aliphatic heterocycles. The second-order valence-electron chi connectivity index (χ2n) is 8.46. The van der Waals surface area contributed by atoms with Gasteiger partial charge in [0.25, 0.3) is 5.91 Å². The van der Waals surface area contributed by atoms with Crippen molar-refractivity contribution in [2.24, 2.45) is 0 Å². The molecule has 0 radical (unpaired) electrons. The van der Waals surface area contributed by atoms with Crippen molar-refractivity contribution < 1.29 is 23.7 Å². The van der Waals surface area contributed by atoms with Crippen LogP contribution >= 0.6 is 0 Å². The summed E-state index contributed by atoms with van der Waals surface area (Å²) >= 11 is 0. The van der Waals surface area contributed by atoms with Crippen molar-refractivity contribution >= 4 is 5.91 Å². The summed E-state index contributed by atoms with van der Waals surface area (Å²) < 4.78 is 21.7. The molecule has 2 saturated heterocycles. The summed E-state index contributed by atoms with van der Waals surface area (Å²) in [5.74, 6) is 2.99. The minimum atomic E-state index is 0.0425. The summed E-state index contributed by atoms with van der Waals surface area (Å²) in [7, 11) is 0. The Hall–Kier alpha value is -3.01. The predicted octanol–water partition coefficient (Wildman–Crippen LogP) is 1.86. The highest BCUT2D eigenvalue weighted by Gasteiger charge is 2.32. The van der Waals surface area contributed by atoms with E-state index in [4.69, 9.17) is 18.9 Å². The van der Waals surface area contributed by atoms with Crippen molar-refractivity contribution in [2.75, 3.05) is 39.8 Å². The Kier molecular flexibility index (Phi) is 5.01. The third kappa shape index (κ3) is 3.62. The average molecular weight is 438 g/mol. The predicted molar refractivity (Wildman–Crippen MR) is 115 cm³/mol. The van der Waals surface area contributed by atoms with Crippen LogP contribution in [0.1, 0.15) is 34.8 Å². The van der Waals surface area contributed by atoms with Gasteiger partial charge in [0.05, 0.1) is 6.17 Å². The van der Waals surface area contributed by atoms with E-state index < -0.39 is 0 Å². The number of carbonyl (C=O) groups is 1. The molecular formula is C23H26N4O5. The molecule has 2 N–H and O–H groups in total. The Labute approximate surface area is 186 Å². The molecule has 168 valence electrons. The number of nitrogens with zero attached hydrogens (tertiary/aromatic N) is 2. The van der Waals surface area contributed by atoms with E-state index >= 15 is 0 Å². The van der Waals surface area contributed by atoms with Gasteiger partial charge in [-0.05, 0) is 48.7 Å². The number of carbonyl (C=O) groups excluding carboxylic acids is 1. The largest absolute Gasteiger partial charge is 0.454 e. The third-order valence-electron chi connectivity index (χ3n) is 6.56. The van der Waals surface area contributed by atoms with Crippen molar-refractivity contribution in [3.05, 3.63) is 47.5 Å². The summed E-state index contributed by atoms with van der Waals surface area (Å²) in [4.78, 5) is 17.4. The van der Waals surface area contributed by atoms with E-state index in [2.05, 4.69) is 27.9 Å². The fourth-order valence-electron chi connectivity index (χ4n) is 4.79. The molecule has 2 unspecified atom stereocenters. The van der Waals surface area contributed by atoms with Crippen LogP contribution in [0.4, 0.5) is 0 Å². The SMILES string of the molecule is O=C(c1ccc2c(c1)OCO2)N1CCCN(C2CC(c3ccc4c(c3)OCO4)NN2)CC1. The van der Waals surface area contributed by atoms with Crippen LogP contribution in [0, 0.1) is 0 Å². The zero-order valence-corrected chi connectivity index (χ0v) is 17.7. The quantitative estimate of drug-likeness (QED) is 0.751. The lowest BCUT2D eigenvalue weighted by molar-refractivity contribution is 0.0756. The summed E-state index contributed by atoms with van der Waals surface area (Å²) in [5.41, 5.74) is 8.69. The highest BCUT2D eigenvalue weighted by Crippen LogP contribution is 2.36. The number of nitrogens with one attached hydrogen (secondary N) is 2. The van der Waals surface area contributed by atoms with Crippen molar-refractivity contribution in [1.82, 2.24) is 20.7 Å². The fraction of sp³-hybridized carbons (Fsp3) is 0.435. The summed E-state index contributed by atoms with van der Waals surface area (Å²) in [6.07, 6.45) is 2.09. The van der Waals surface area contributed by atoms with Gasteiger partial charge in [-0.2, -0.15) is 0 Å². The van der Waals surface area contributed by atoms with E-state index in [1.807, 2.05) is 23.1 Å². The third-order valence-corrected chi connectivity index (χ3v) is 6.56. The molecule has 4 aliphatic rings. The second kappa shape index (κ2) is 8.16. The van der Waals surface area contributed by atoms with Gasteiger partial charge in [0.1, 0.15) is 0 Å². The zero-order chi connectivity index (χ0) is 21.5. The number of rotatable bonds is 3. The fourth-order valence-corrected chi connectivity index (χ4v) is 4.79. The maximum absolute atomic E-state index is 13.1. The molecule has 0 spiro atoms. The lowest BCUT2D eigenvalue weighted by atomic mass is 10.0. The second-order valence-corrected chi connectivity index (χ2v) is 8.46. The first kappa shape index (κ1) is 19.7. The van der Waals surface area contributed by atoms with Gasteiger partial charge in [0, 0.05) is 37.8 Å². The number of hydrogen-bond donors (Lipinski definition) is 2. The average Bonchev–Trinajstić information content (AvgIpc) is 3.55. The number of fused-ring (bicyclic) bond motifs is 2. The number of hydrazine groups is 1. The molecule has 0 aliphatic carbocycles. The summed E-state index contributed by atoms with van der Waals surface area (Å²) in [5, 5.41) is 0. The lowest BCUT2D eigenvalue weighted by Gasteiger charge is -2.27. The smallest absolute Gasteiger partial charge is 0.254 e. The van der Waals surface area contributed by atoms with E-state index in [1.165, 1.54) is 5.56 Å². The van der Waals surface area contributed by atoms with Gasteiger partial charge in [-0.1, -0.05) is 6.07 Å². The van der Waals surface area contributed by atoms with Crippen LogP contribution in [-0.4, -0.2) is 61.6 Å². The Morgan fingerprint density at radius 2 is 1.56 bits per heavy atom. The topological polar surface area (TPSA) is 84.5 Å². The lowest BCUT2D eigenvalue weighted by Crippen LogP contribution is -2.46. The highest BCUT2D eigenvalue weighted by molar-refractivity contribution is 5.95. The van der Waals surface area contributed by atoms with Crippen molar-refractivity contribution in [3.63, 3.8) is 0 Å². The van der Waals surface area contributed by atoms with E-state index in [0.717, 1.165) is 44.0 Å². The van der Waals surface area contributed by atoms with E-state index in [1.54, 1.807) is 6.07 Å². The van der Waals surface area contributed by atoms with Gasteiger partial charge in [-0.15, -0.1) is 0 Å². The molecule has 0 bridgehead atoms. The Bertz CT molecular complexity index is 1030. The molecule has 9 heteroatoms. The van der Waals surface area contributed by atoms with E-state index in [0.29, 0.717) is 23.6 Å². The van der Waals surface area contributed by atoms with Gasteiger partial charge in [0.2, 0.25) is 13.6 Å². The minimum Gasteiger partial charge on any atom is -0.454 e. The van der Waals surface area contributed by atoms with Crippen molar-refractivity contribution in [2.45, 2.75) is 25.0 Å². The number of amides is 1. The van der Waals surface area contributed by atoms with Crippen molar-refractivity contribution in [3.8, 4) is 23.0 Å². The van der Waals surface area contributed by atoms with Crippen LogP contribution in [0.25, 0.3) is 0 Å². The van der Waals surface area contributed by atoms with Crippen LogP contribution in [0.3, 0.4) is 0 Å². The maximum atomic E-state index is 13.1. The van der Waals surface area contributed by atoms with Gasteiger partial charge in [-0.25, -0.2) is 10.9 Å².